The molecule has 1 aromatic carbocycles. The zero-order valence-corrected chi connectivity index (χ0v) is 18.7. The molecule has 9 nitrogen and oxygen atoms in total. The average molecular weight is 485 g/mol. The number of aryl methyl sites for hydroxylation is 1. The molecule has 0 aliphatic carbocycles. The lowest BCUT2D eigenvalue weighted by Crippen LogP contribution is -2.37. The maximum absolute atomic E-state index is 12.9. The second kappa shape index (κ2) is 10.5. The third kappa shape index (κ3) is 6.29. The molecule has 1 saturated heterocycles. The molecule has 2 aromatic heterocycles. The minimum absolute atomic E-state index is 0.0363. The molecule has 35 heavy (non-hydrogen) atoms. The molecule has 1 aliphatic heterocycles. The molecule has 12 heteroatoms. The van der Waals surface area contributed by atoms with E-state index in [2.05, 4.69) is 35.7 Å². The van der Waals surface area contributed by atoms with Gasteiger partial charge in [0.25, 0.3) is 5.91 Å². The second-order valence-corrected chi connectivity index (χ2v) is 7.67. The summed E-state index contributed by atoms with van der Waals surface area (Å²) < 4.78 is 43.9. The van der Waals surface area contributed by atoms with Crippen LogP contribution < -0.4 is 15.6 Å². The van der Waals surface area contributed by atoms with Gasteiger partial charge in [0, 0.05) is 36.7 Å². The van der Waals surface area contributed by atoms with Gasteiger partial charge in [-0.15, -0.1) is 0 Å². The van der Waals surface area contributed by atoms with E-state index in [0.29, 0.717) is 24.9 Å². The summed E-state index contributed by atoms with van der Waals surface area (Å²) in [6.45, 7) is 4.72. The van der Waals surface area contributed by atoms with Crippen molar-refractivity contribution in [3.63, 3.8) is 0 Å². The standard InChI is InChI=1S/C23H22F3N7O2/c1-15-12-28-22(31-20(15)33-7-9-35-10-8-33)32-29-14-19-6-5-16(13-27-19)21(34)30-18-4-2-3-17(11-18)23(24,25)26/h2-6,11-14H,7-10H2,1H3,(H,30,34)(H,28,31,32)/b29-14+. The summed E-state index contributed by atoms with van der Waals surface area (Å²) in [5.41, 5.74) is 3.54. The third-order valence-corrected chi connectivity index (χ3v) is 5.11. The van der Waals surface area contributed by atoms with Crippen LogP contribution in [0.15, 0.2) is 53.9 Å². The fourth-order valence-corrected chi connectivity index (χ4v) is 3.33. The number of rotatable bonds is 6. The van der Waals surface area contributed by atoms with Crippen LogP contribution >= 0.6 is 0 Å². The zero-order chi connectivity index (χ0) is 24.8. The second-order valence-electron chi connectivity index (χ2n) is 7.67. The molecular weight excluding hydrogens is 463 g/mol. The first kappa shape index (κ1) is 24.1. The number of hydrogen-bond donors (Lipinski definition) is 2. The summed E-state index contributed by atoms with van der Waals surface area (Å²) in [7, 11) is 0. The van der Waals surface area contributed by atoms with Crippen molar-refractivity contribution in [2.45, 2.75) is 13.1 Å². The number of anilines is 3. The molecule has 1 fully saturated rings. The van der Waals surface area contributed by atoms with Crippen LogP contribution in [-0.4, -0.2) is 53.4 Å². The van der Waals surface area contributed by atoms with Crippen molar-refractivity contribution < 1.29 is 22.7 Å². The Bertz CT molecular complexity index is 1210. The highest BCUT2D eigenvalue weighted by Gasteiger charge is 2.30. The molecule has 2 N–H and O–H groups in total. The maximum atomic E-state index is 12.9. The first-order chi connectivity index (χ1) is 16.8. The van der Waals surface area contributed by atoms with Crippen molar-refractivity contribution >= 4 is 29.6 Å². The Morgan fingerprint density at radius 3 is 2.66 bits per heavy atom. The van der Waals surface area contributed by atoms with Crippen molar-refractivity contribution in [2.24, 2.45) is 5.10 Å². The smallest absolute Gasteiger partial charge is 0.378 e. The fourth-order valence-electron chi connectivity index (χ4n) is 3.33. The summed E-state index contributed by atoms with van der Waals surface area (Å²) in [5, 5.41) is 6.53. The summed E-state index contributed by atoms with van der Waals surface area (Å²) in [6.07, 6.45) is -0.0357. The Balaban J connectivity index is 1.36. The predicted molar refractivity (Wildman–Crippen MR) is 125 cm³/mol. The number of nitrogens with zero attached hydrogens (tertiary/aromatic N) is 5. The van der Waals surface area contributed by atoms with Gasteiger partial charge in [-0.2, -0.15) is 23.3 Å². The Hall–Kier alpha value is -4.06. The highest BCUT2D eigenvalue weighted by Crippen LogP contribution is 2.30. The van der Waals surface area contributed by atoms with Crippen molar-refractivity contribution in [1.29, 1.82) is 0 Å². The van der Waals surface area contributed by atoms with Gasteiger partial charge in [-0.3, -0.25) is 9.78 Å². The normalized spacial score (nSPS) is 14.2. The number of morpholine rings is 1. The van der Waals surface area contributed by atoms with Gasteiger partial charge in [-0.05, 0) is 37.3 Å². The van der Waals surface area contributed by atoms with E-state index in [4.69, 9.17) is 4.74 Å². The molecule has 0 bridgehead atoms. The molecule has 0 spiro atoms. The van der Waals surface area contributed by atoms with Gasteiger partial charge in [0.05, 0.1) is 36.2 Å². The van der Waals surface area contributed by atoms with Crippen LogP contribution in [0.5, 0.6) is 0 Å². The van der Waals surface area contributed by atoms with E-state index in [-0.39, 0.29) is 11.3 Å². The minimum Gasteiger partial charge on any atom is -0.378 e. The van der Waals surface area contributed by atoms with E-state index in [1.165, 1.54) is 30.6 Å². The summed E-state index contributed by atoms with van der Waals surface area (Å²) in [4.78, 5) is 27.4. The number of alkyl halides is 3. The van der Waals surface area contributed by atoms with E-state index in [1.807, 2.05) is 6.92 Å². The van der Waals surface area contributed by atoms with Crippen LogP contribution in [0, 0.1) is 6.92 Å². The first-order valence-corrected chi connectivity index (χ1v) is 10.7. The largest absolute Gasteiger partial charge is 0.416 e. The zero-order valence-electron chi connectivity index (χ0n) is 18.7. The Morgan fingerprint density at radius 2 is 1.94 bits per heavy atom. The molecule has 0 saturated carbocycles. The Morgan fingerprint density at radius 1 is 1.14 bits per heavy atom. The van der Waals surface area contributed by atoms with Crippen LogP contribution in [0.3, 0.4) is 0 Å². The van der Waals surface area contributed by atoms with Gasteiger partial charge < -0.3 is 15.0 Å². The number of halogens is 3. The SMILES string of the molecule is Cc1cnc(N/N=C/c2ccc(C(=O)Nc3cccc(C(F)(F)F)c3)cn2)nc1N1CCOCC1. The minimum atomic E-state index is -4.50. The van der Waals surface area contributed by atoms with Crippen molar-refractivity contribution in [3.8, 4) is 0 Å². The molecule has 0 unspecified atom stereocenters. The molecular formula is C23H22F3N7O2. The van der Waals surface area contributed by atoms with Gasteiger partial charge >= 0.3 is 6.18 Å². The van der Waals surface area contributed by atoms with E-state index in [9.17, 15) is 18.0 Å². The van der Waals surface area contributed by atoms with Crippen LogP contribution in [0.2, 0.25) is 0 Å². The van der Waals surface area contributed by atoms with Crippen LogP contribution in [0.4, 0.5) is 30.6 Å². The molecule has 1 aliphatic rings. The van der Waals surface area contributed by atoms with Gasteiger partial charge in [0.1, 0.15) is 5.82 Å². The van der Waals surface area contributed by atoms with E-state index >= 15 is 0 Å². The summed E-state index contributed by atoms with van der Waals surface area (Å²) in [5.74, 6) is 0.558. The van der Waals surface area contributed by atoms with E-state index < -0.39 is 17.6 Å². The highest BCUT2D eigenvalue weighted by atomic mass is 19.4. The number of benzene rings is 1. The number of hydrogen-bond acceptors (Lipinski definition) is 8. The first-order valence-electron chi connectivity index (χ1n) is 10.7. The quantitative estimate of drug-likeness (QED) is 0.405. The van der Waals surface area contributed by atoms with Crippen LogP contribution in [-0.2, 0) is 10.9 Å². The number of carbonyl (C=O) groups excluding carboxylic acids is 1. The van der Waals surface area contributed by atoms with Gasteiger partial charge in [-0.1, -0.05) is 6.07 Å². The number of amides is 1. The molecule has 3 heterocycles. The monoisotopic (exact) mass is 485 g/mol. The number of hydrazone groups is 1. The Labute approximate surface area is 199 Å². The van der Waals surface area contributed by atoms with Gasteiger partial charge in [-0.25, -0.2) is 10.4 Å². The van der Waals surface area contributed by atoms with Crippen molar-refractivity contribution in [3.05, 3.63) is 71.2 Å². The maximum Gasteiger partial charge on any atom is 0.416 e. The lowest BCUT2D eigenvalue weighted by molar-refractivity contribution is -0.137. The highest BCUT2D eigenvalue weighted by molar-refractivity contribution is 6.04. The van der Waals surface area contributed by atoms with Gasteiger partial charge in [0.15, 0.2) is 0 Å². The number of ether oxygens (including phenoxy) is 1. The Kier molecular flexibility index (Phi) is 7.20. The van der Waals surface area contributed by atoms with E-state index in [1.54, 1.807) is 12.3 Å². The van der Waals surface area contributed by atoms with Gasteiger partial charge in [0.2, 0.25) is 5.95 Å². The number of carbonyl (C=O) groups is 1. The molecule has 4 rings (SSSR count). The lowest BCUT2D eigenvalue weighted by Gasteiger charge is -2.28. The fraction of sp³-hybridized carbons (Fsp3) is 0.261. The number of pyridine rings is 1. The predicted octanol–water partition coefficient (Wildman–Crippen LogP) is 3.73. The van der Waals surface area contributed by atoms with Crippen LogP contribution in [0.1, 0.15) is 27.2 Å². The molecule has 0 radical (unpaired) electrons. The van der Waals surface area contributed by atoms with E-state index in [0.717, 1.165) is 36.6 Å². The molecule has 1 amide bonds. The lowest BCUT2D eigenvalue weighted by atomic mass is 10.2. The number of nitrogens with one attached hydrogen (secondary N) is 2. The average Bonchev–Trinajstić information content (AvgIpc) is 2.85. The number of aromatic nitrogens is 3. The molecule has 3 aromatic rings. The topological polar surface area (TPSA) is 105 Å². The molecule has 0 atom stereocenters. The molecule has 182 valence electrons. The van der Waals surface area contributed by atoms with Crippen LogP contribution in [0.25, 0.3) is 0 Å². The van der Waals surface area contributed by atoms with Crippen molar-refractivity contribution in [2.75, 3.05) is 41.9 Å². The van der Waals surface area contributed by atoms with Crippen molar-refractivity contribution in [1.82, 2.24) is 15.0 Å². The summed E-state index contributed by atoms with van der Waals surface area (Å²) >= 11 is 0. The third-order valence-electron chi connectivity index (χ3n) is 5.11. The summed E-state index contributed by atoms with van der Waals surface area (Å²) in [6, 6.07) is 7.47.